The zero-order valence-electron chi connectivity index (χ0n) is 14.9. The number of hydrogen-bond acceptors (Lipinski definition) is 3. The van der Waals surface area contributed by atoms with Crippen LogP contribution in [0.15, 0.2) is 0 Å². The van der Waals surface area contributed by atoms with E-state index < -0.39 is 0 Å². The number of nitrogens with one attached hydrogen (secondary N) is 1. The largest absolute Gasteiger partial charge is 0.349 e. The van der Waals surface area contributed by atoms with Gasteiger partial charge in [-0.3, -0.25) is 9.59 Å². The first-order chi connectivity index (χ1) is 11.5. The van der Waals surface area contributed by atoms with Gasteiger partial charge in [-0.2, -0.15) is 0 Å². The lowest BCUT2D eigenvalue weighted by atomic mass is 9.88. The summed E-state index contributed by atoms with van der Waals surface area (Å²) < 4.78 is 0. The Kier molecular flexibility index (Phi) is 6.87. The van der Waals surface area contributed by atoms with Gasteiger partial charge in [0, 0.05) is 59.2 Å². The Bertz CT molecular complexity index is 453. The van der Waals surface area contributed by atoms with E-state index in [0.29, 0.717) is 39.1 Å². The van der Waals surface area contributed by atoms with Crippen LogP contribution in [0.1, 0.15) is 38.5 Å². The second-order valence-corrected chi connectivity index (χ2v) is 6.92. The lowest BCUT2D eigenvalue weighted by Gasteiger charge is -2.37. The third-order valence-corrected chi connectivity index (χ3v) is 4.95. The number of carbonyl (C=O) groups excluding carboxylic acids is 3. The summed E-state index contributed by atoms with van der Waals surface area (Å²) >= 11 is 0. The fourth-order valence-corrected chi connectivity index (χ4v) is 3.35. The Morgan fingerprint density at radius 3 is 2.12 bits per heavy atom. The van der Waals surface area contributed by atoms with Gasteiger partial charge in [0.05, 0.1) is 0 Å². The van der Waals surface area contributed by atoms with Crippen LogP contribution in [-0.4, -0.2) is 79.4 Å². The first kappa shape index (κ1) is 18.5. The first-order valence-corrected chi connectivity index (χ1v) is 9.00. The molecule has 1 aliphatic carbocycles. The monoisotopic (exact) mass is 338 g/mol. The minimum absolute atomic E-state index is 0.00167. The smallest absolute Gasteiger partial charge is 0.317 e. The third-order valence-electron chi connectivity index (χ3n) is 4.95. The number of nitrogens with zero attached hydrogens (tertiary/aromatic N) is 3. The van der Waals surface area contributed by atoms with Gasteiger partial charge in [0.2, 0.25) is 11.8 Å². The van der Waals surface area contributed by atoms with Gasteiger partial charge in [-0.1, -0.05) is 19.3 Å². The summed E-state index contributed by atoms with van der Waals surface area (Å²) in [6.07, 6.45) is 5.89. The molecule has 0 atom stereocenters. The average Bonchev–Trinajstić information content (AvgIpc) is 2.61. The van der Waals surface area contributed by atoms with Crippen LogP contribution in [-0.2, 0) is 9.59 Å². The van der Waals surface area contributed by atoms with Gasteiger partial charge in [-0.15, -0.1) is 0 Å². The summed E-state index contributed by atoms with van der Waals surface area (Å²) in [6.45, 7) is 2.69. The van der Waals surface area contributed by atoms with Crippen LogP contribution in [0.4, 0.5) is 4.79 Å². The van der Waals surface area contributed by atoms with Crippen molar-refractivity contribution in [2.24, 2.45) is 5.92 Å². The standard InChI is InChI=1S/C17H30N4O3/c1-19(2)15(22)8-9-18-17(24)21-12-10-20(11-13-21)16(23)14-6-4-3-5-7-14/h14H,3-13H2,1-2H3,(H,18,24). The van der Waals surface area contributed by atoms with Crippen LogP contribution < -0.4 is 5.32 Å². The Hall–Kier alpha value is -1.79. The van der Waals surface area contributed by atoms with E-state index in [1.165, 1.54) is 11.3 Å². The number of piperazine rings is 1. The van der Waals surface area contributed by atoms with Crippen molar-refractivity contribution in [1.29, 1.82) is 0 Å². The van der Waals surface area contributed by atoms with Crippen LogP contribution >= 0.6 is 0 Å². The van der Waals surface area contributed by atoms with Gasteiger partial charge in [-0.25, -0.2) is 4.79 Å². The SMILES string of the molecule is CN(C)C(=O)CCNC(=O)N1CCN(C(=O)C2CCCCC2)CC1. The van der Waals surface area contributed by atoms with E-state index in [1.54, 1.807) is 19.0 Å². The maximum Gasteiger partial charge on any atom is 0.317 e. The average molecular weight is 338 g/mol. The minimum atomic E-state index is -0.147. The van der Waals surface area contributed by atoms with Crippen LogP contribution in [0.5, 0.6) is 0 Å². The fraction of sp³-hybridized carbons (Fsp3) is 0.824. The zero-order valence-corrected chi connectivity index (χ0v) is 14.9. The van der Waals surface area contributed by atoms with E-state index in [1.807, 2.05) is 4.90 Å². The van der Waals surface area contributed by atoms with Gasteiger partial charge < -0.3 is 20.0 Å². The van der Waals surface area contributed by atoms with Crippen molar-refractivity contribution in [2.75, 3.05) is 46.8 Å². The lowest BCUT2D eigenvalue weighted by Crippen LogP contribution is -2.54. The van der Waals surface area contributed by atoms with Gasteiger partial charge in [-0.05, 0) is 12.8 Å². The number of urea groups is 1. The van der Waals surface area contributed by atoms with Crippen LogP contribution in [0.25, 0.3) is 0 Å². The first-order valence-electron chi connectivity index (χ1n) is 9.00. The highest BCUT2D eigenvalue weighted by atomic mass is 16.2. The predicted octanol–water partition coefficient (Wildman–Crippen LogP) is 0.899. The Labute approximate surface area is 144 Å². The quantitative estimate of drug-likeness (QED) is 0.828. The highest BCUT2D eigenvalue weighted by Crippen LogP contribution is 2.25. The second kappa shape index (κ2) is 8.89. The molecule has 0 aromatic heterocycles. The molecule has 1 aliphatic heterocycles. The predicted molar refractivity (Wildman–Crippen MR) is 91.4 cm³/mol. The molecule has 0 aromatic carbocycles. The molecule has 1 saturated carbocycles. The topological polar surface area (TPSA) is 73.0 Å². The molecule has 1 heterocycles. The molecule has 0 aromatic rings. The fourth-order valence-electron chi connectivity index (χ4n) is 3.35. The molecule has 7 heteroatoms. The van der Waals surface area contributed by atoms with E-state index >= 15 is 0 Å². The molecule has 136 valence electrons. The Morgan fingerprint density at radius 2 is 1.54 bits per heavy atom. The van der Waals surface area contributed by atoms with Gasteiger partial charge in [0.25, 0.3) is 0 Å². The number of hydrogen-bond donors (Lipinski definition) is 1. The normalized spacial score (nSPS) is 19.1. The van der Waals surface area contributed by atoms with Crippen molar-refractivity contribution in [1.82, 2.24) is 20.0 Å². The maximum atomic E-state index is 12.5. The van der Waals surface area contributed by atoms with Gasteiger partial charge in [0.1, 0.15) is 0 Å². The van der Waals surface area contributed by atoms with Crippen LogP contribution in [0.3, 0.4) is 0 Å². The molecule has 0 radical (unpaired) electrons. The number of carbonyl (C=O) groups is 3. The summed E-state index contributed by atoms with van der Waals surface area (Å²) in [5.41, 5.74) is 0. The molecule has 1 saturated heterocycles. The van der Waals surface area contributed by atoms with Gasteiger partial charge >= 0.3 is 6.03 Å². The molecule has 7 nitrogen and oxygen atoms in total. The zero-order chi connectivity index (χ0) is 17.5. The van der Waals surface area contributed by atoms with Crippen molar-refractivity contribution < 1.29 is 14.4 Å². The maximum absolute atomic E-state index is 12.5. The third kappa shape index (κ3) is 5.11. The molecule has 24 heavy (non-hydrogen) atoms. The Balaban J connectivity index is 1.68. The summed E-state index contributed by atoms with van der Waals surface area (Å²) in [7, 11) is 3.40. The second-order valence-electron chi connectivity index (χ2n) is 6.92. The molecule has 0 spiro atoms. The van der Waals surface area contributed by atoms with E-state index in [4.69, 9.17) is 0 Å². The minimum Gasteiger partial charge on any atom is -0.349 e. The molecule has 0 unspecified atom stereocenters. The molecule has 1 N–H and O–H groups in total. The van der Waals surface area contributed by atoms with Crippen molar-refractivity contribution in [3.8, 4) is 0 Å². The Morgan fingerprint density at radius 1 is 0.958 bits per heavy atom. The highest BCUT2D eigenvalue weighted by Gasteiger charge is 2.29. The van der Waals surface area contributed by atoms with Crippen LogP contribution in [0.2, 0.25) is 0 Å². The van der Waals surface area contributed by atoms with E-state index in [0.717, 1.165) is 25.7 Å². The van der Waals surface area contributed by atoms with E-state index in [2.05, 4.69) is 5.32 Å². The summed E-state index contributed by atoms with van der Waals surface area (Å²) in [5.74, 6) is 0.459. The van der Waals surface area contributed by atoms with Crippen molar-refractivity contribution in [2.45, 2.75) is 38.5 Å². The van der Waals surface area contributed by atoms with Crippen molar-refractivity contribution in [3.63, 3.8) is 0 Å². The van der Waals surface area contributed by atoms with Gasteiger partial charge in [0.15, 0.2) is 0 Å². The highest BCUT2D eigenvalue weighted by molar-refractivity contribution is 5.80. The summed E-state index contributed by atoms with van der Waals surface area (Å²) in [5, 5.41) is 2.78. The van der Waals surface area contributed by atoms with E-state index in [9.17, 15) is 14.4 Å². The number of amides is 4. The summed E-state index contributed by atoms with van der Waals surface area (Å²) in [4.78, 5) is 41.3. The molecular weight excluding hydrogens is 308 g/mol. The molecular formula is C17H30N4O3. The van der Waals surface area contributed by atoms with Crippen molar-refractivity contribution in [3.05, 3.63) is 0 Å². The van der Waals surface area contributed by atoms with E-state index in [-0.39, 0.29) is 23.8 Å². The number of rotatable bonds is 4. The lowest BCUT2D eigenvalue weighted by molar-refractivity contribution is -0.138. The molecule has 2 aliphatic rings. The summed E-state index contributed by atoms with van der Waals surface area (Å²) in [6, 6.07) is -0.147. The molecule has 2 fully saturated rings. The molecule has 0 bridgehead atoms. The van der Waals surface area contributed by atoms with Crippen LogP contribution in [0, 0.1) is 5.92 Å². The molecule has 4 amide bonds. The van der Waals surface area contributed by atoms with Crippen molar-refractivity contribution >= 4 is 17.8 Å². The molecule has 2 rings (SSSR count).